The first-order valence-corrected chi connectivity index (χ1v) is 7.13. The first kappa shape index (κ1) is 13.7. The lowest BCUT2D eigenvalue weighted by Gasteiger charge is -2.05. The second kappa shape index (κ2) is 5.96. The maximum Gasteiger partial charge on any atom is 0.145 e. The summed E-state index contributed by atoms with van der Waals surface area (Å²) in [5, 5.41) is 9.23. The minimum Gasteiger partial charge on any atom is -0.254 e. The Hall–Kier alpha value is -1.70. The van der Waals surface area contributed by atoms with Crippen LogP contribution in [0, 0.1) is 17.1 Å². The Morgan fingerprint density at radius 3 is 2.68 bits per heavy atom. The van der Waals surface area contributed by atoms with Gasteiger partial charge in [-0.05, 0) is 24.3 Å². The number of nitriles is 1. The summed E-state index contributed by atoms with van der Waals surface area (Å²) in [6, 6.07) is 12.9. The molecule has 2 rings (SSSR count). The summed E-state index contributed by atoms with van der Waals surface area (Å²) in [4.78, 5) is 0.536. The normalized spacial score (nSPS) is 11.8. The fraction of sp³-hybridized carbons (Fsp3) is 0.0714. The zero-order chi connectivity index (χ0) is 13.8. The third-order valence-corrected chi connectivity index (χ3v) is 4.13. The summed E-state index contributed by atoms with van der Waals surface area (Å²) in [5.74, 6) is -0.595. The van der Waals surface area contributed by atoms with Gasteiger partial charge >= 0.3 is 0 Å². The minimum absolute atomic E-state index is 0.0156. The topological polar surface area (TPSA) is 40.9 Å². The highest BCUT2D eigenvalue weighted by atomic mass is 35.5. The smallest absolute Gasteiger partial charge is 0.145 e. The molecule has 1 atom stereocenters. The third-order valence-electron chi connectivity index (χ3n) is 2.54. The Morgan fingerprint density at radius 2 is 2.00 bits per heavy atom. The summed E-state index contributed by atoms with van der Waals surface area (Å²) < 4.78 is 26.0. The summed E-state index contributed by atoms with van der Waals surface area (Å²) in [5.41, 5.74) is 0.220. The van der Waals surface area contributed by atoms with E-state index in [-0.39, 0.29) is 16.9 Å². The zero-order valence-electron chi connectivity index (χ0n) is 9.77. The first-order chi connectivity index (χ1) is 9.11. The summed E-state index contributed by atoms with van der Waals surface area (Å²) in [7, 11) is -1.40. The van der Waals surface area contributed by atoms with Gasteiger partial charge in [-0.3, -0.25) is 4.21 Å². The van der Waals surface area contributed by atoms with Crippen molar-refractivity contribution in [3.8, 4) is 6.07 Å². The Morgan fingerprint density at radius 1 is 1.26 bits per heavy atom. The van der Waals surface area contributed by atoms with Gasteiger partial charge in [0.05, 0.1) is 22.1 Å². The quantitative estimate of drug-likeness (QED) is 0.866. The highest BCUT2D eigenvalue weighted by Gasteiger charge is 2.12. The van der Waals surface area contributed by atoms with Gasteiger partial charge in [-0.1, -0.05) is 29.8 Å². The molecule has 0 aliphatic heterocycles. The molecule has 0 radical (unpaired) electrons. The molecule has 2 aromatic carbocycles. The molecule has 0 spiro atoms. The maximum absolute atomic E-state index is 13.8. The molecule has 2 aromatic rings. The molecule has 0 heterocycles. The Kier molecular flexibility index (Phi) is 4.31. The van der Waals surface area contributed by atoms with Gasteiger partial charge in [-0.15, -0.1) is 0 Å². The van der Waals surface area contributed by atoms with E-state index in [2.05, 4.69) is 0 Å². The van der Waals surface area contributed by atoms with Gasteiger partial charge in [-0.25, -0.2) is 4.39 Å². The lowest BCUT2D eigenvalue weighted by atomic mass is 10.1. The molecular weight excluding hydrogens is 285 g/mol. The van der Waals surface area contributed by atoms with E-state index >= 15 is 0 Å². The van der Waals surface area contributed by atoms with Crippen LogP contribution in [0.1, 0.15) is 11.1 Å². The van der Waals surface area contributed by atoms with Crippen LogP contribution in [0.3, 0.4) is 0 Å². The van der Waals surface area contributed by atoms with Crippen molar-refractivity contribution in [2.75, 3.05) is 0 Å². The molecule has 19 heavy (non-hydrogen) atoms. The highest BCUT2D eigenvalue weighted by molar-refractivity contribution is 7.84. The molecule has 0 amide bonds. The van der Waals surface area contributed by atoms with Crippen LogP contribution in [-0.4, -0.2) is 4.21 Å². The molecule has 1 unspecified atom stereocenters. The van der Waals surface area contributed by atoms with Crippen LogP contribution in [0.2, 0.25) is 5.02 Å². The average Bonchev–Trinajstić information content (AvgIpc) is 2.41. The average molecular weight is 294 g/mol. The van der Waals surface area contributed by atoms with Gasteiger partial charge in [0.1, 0.15) is 11.9 Å². The molecule has 2 nitrogen and oxygen atoms in total. The van der Waals surface area contributed by atoms with E-state index in [9.17, 15) is 8.60 Å². The largest absolute Gasteiger partial charge is 0.254 e. The van der Waals surface area contributed by atoms with Crippen molar-refractivity contribution in [1.82, 2.24) is 0 Å². The fourth-order valence-corrected chi connectivity index (χ4v) is 3.03. The molecule has 0 aliphatic carbocycles. The van der Waals surface area contributed by atoms with Crippen LogP contribution in [-0.2, 0) is 16.6 Å². The van der Waals surface area contributed by atoms with Crippen molar-refractivity contribution in [1.29, 1.82) is 5.26 Å². The van der Waals surface area contributed by atoms with Crippen molar-refractivity contribution < 1.29 is 8.60 Å². The van der Waals surface area contributed by atoms with Crippen molar-refractivity contribution in [3.05, 3.63) is 64.4 Å². The molecule has 0 bridgehead atoms. The predicted octanol–water partition coefficient (Wildman–Crippen LogP) is 3.66. The van der Waals surface area contributed by atoms with E-state index in [0.29, 0.717) is 9.92 Å². The molecule has 0 fully saturated rings. The lowest BCUT2D eigenvalue weighted by molar-refractivity contribution is 0.611. The van der Waals surface area contributed by atoms with Crippen LogP contribution in [0.15, 0.2) is 47.4 Å². The summed E-state index contributed by atoms with van der Waals surface area (Å²) in [6.45, 7) is 0. The minimum atomic E-state index is -1.40. The number of benzene rings is 2. The lowest BCUT2D eigenvalue weighted by Crippen LogP contribution is -2.00. The highest BCUT2D eigenvalue weighted by Crippen LogP contribution is 2.19. The van der Waals surface area contributed by atoms with Crippen LogP contribution in [0.25, 0.3) is 0 Å². The van der Waals surface area contributed by atoms with Gasteiger partial charge in [0.2, 0.25) is 0 Å². The van der Waals surface area contributed by atoms with E-state index in [1.807, 2.05) is 0 Å². The molecule has 96 valence electrons. The van der Waals surface area contributed by atoms with E-state index in [0.717, 1.165) is 0 Å². The number of rotatable bonds is 3. The van der Waals surface area contributed by atoms with Crippen molar-refractivity contribution in [3.63, 3.8) is 0 Å². The second-order valence-corrected chi connectivity index (χ2v) is 5.73. The van der Waals surface area contributed by atoms with Gasteiger partial charge in [0, 0.05) is 15.5 Å². The van der Waals surface area contributed by atoms with Crippen LogP contribution in [0.4, 0.5) is 4.39 Å². The molecule has 0 saturated heterocycles. The standard InChI is InChI=1S/C14H9ClFNOS/c15-12-5-2-6-13(7-12)19(18)9-11-4-1-3-10(8-17)14(11)16/h1-7H,9H2. The number of halogens is 2. The van der Waals surface area contributed by atoms with Crippen LogP contribution < -0.4 is 0 Å². The molecular formula is C14H9ClFNOS. The van der Waals surface area contributed by atoms with Gasteiger partial charge < -0.3 is 0 Å². The third kappa shape index (κ3) is 3.19. The first-order valence-electron chi connectivity index (χ1n) is 5.43. The van der Waals surface area contributed by atoms with E-state index in [4.69, 9.17) is 16.9 Å². The van der Waals surface area contributed by atoms with Crippen LogP contribution in [0.5, 0.6) is 0 Å². The van der Waals surface area contributed by atoms with Gasteiger partial charge in [-0.2, -0.15) is 5.26 Å². The van der Waals surface area contributed by atoms with Gasteiger partial charge in [0.15, 0.2) is 0 Å². The molecule has 5 heteroatoms. The van der Waals surface area contributed by atoms with E-state index in [1.54, 1.807) is 36.4 Å². The molecule has 0 aromatic heterocycles. The Labute approximate surface area is 117 Å². The number of hydrogen-bond acceptors (Lipinski definition) is 2. The maximum atomic E-state index is 13.8. The van der Waals surface area contributed by atoms with E-state index < -0.39 is 16.6 Å². The number of hydrogen-bond donors (Lipinski definition) is 0. The van der Waals surface area contributed by atoms with Crippen LogP contribution >= 0.6 is 11.6 Å². The summed E-state index contributed by atoms with van der Waals surface area (Å²) >= 11 is 5.82. The summed E-state index contributed by atoms with van der Waals surface area (Å²) in [6.07, 6.45) is 0. The Balaban J connectivity index is 2.27. The van der Waals surface area contributed by atoms with Crippen molar-refractivity contribution in [2.24, 2.45) is 0 Å². The van der Waals surface area contributed by atoms with Crippen molar-refractivity contribution >= 4 is 22.4 Å². The Bertz CT molecular complexity index is 681. The van der Waals surface area contributed by atoms with Gasteiger partial charge in [0.25, 0.3) is 0 Å². The predicted molar refractivity (Wildman–Crippen MR) is 72.7 cm³/mol. The molecule has 0 aliphatic rings. The zero-order valence-corrected chi connectivity index (χ0v) is 11.3. The van der Waals surface area contributed by atoms with Crippen molar-refractivity contribution in [2.45, 2.75) is 10.6 Å². The second-order valence-electron chi connectivity index (χ2n) is 3.84. The SMILES string of the molecule is N#Cc1cccc(CS(=O)c2cccc(Cl)c2)c1F. The molecule has 0 N–H and O–H groups in total. The monoisotopic (exact) mass is 293 g/mol. The molecule has 0 saturated carbocycles. The fourth-order valence-electron chi connectivity index (χ4n) is 1.61. The number of nitrogens with zero attached hydrogens (tertiary/aromatic N) is 1. The van der Waals surface area contributed by atoms with E-state index in [1.165, 1.54) is 12.1 Å².